The topological polar surface area (TPSA) is 34.1 Å². The average molecular weight is 194 g/mol. The second kappa shape index (κ2) is 6.51. The maximum Gasteiger partial charge on any atom is 0.0950 e. The molecular weight excluding hydrogens is 176 g/mol. The molecule has 0 aromatic carbocycles. The van der Waals surface area contributed by atoms with Crippen molar-refractivity contribution in [2.45, 2.75) is 20.0 Å². The summed E-state index contributed by atoms with van der Waals surface area (Å²) in [5, 5.41) is 3.29. The number of rotatable bonds is 1. The first kappa shape index (κ1) is 11.1. The Labute approximate surface area is 85.5 Å². The van der Waals surface area contributed by atoms with Gasteiger partial charge < -0.3 is 10.1 Å². The van der Waals surface area contributed by atoms with Crippen molar-refractivity contribution < 1.29 is 4.74 Å². The van der Waals surface area contributed by atoms with Crippen molar-refractivity contribution in [3.63, 3.8) is 0 Å². The van der Waals surface area contributed by atoms with Crippen molar-refractivity contribution in [1.29, 1.82) is 0 Å². The number of ether oxygens (including phenoxy) is 1. The molecule has 0 saturated carbocycles. The van der Waals surface area contributed by atoms with Gasteiger partial charge in [-0.3, -0.25) is 4.98 Å². The van der Waals surface area contributed by atoms with Gasteiger partial charge in [0.05, 0.1) is 12.7 Å². The van der Waals surface area contributed by atoms with Crippen LogP contribution in [-0.2, 0) is 4.74 Å². The molecule has 1 aliphatic heterocycles. The van der Waals surface area contributed by atoms with Gasteiger partial charge in [0.2, 0.25) is 0 Å². The van der Waals surface area contributed by atoms with Crippen LogP contribution in [0.4, 0.5) is 0 Å². The molecule has 1 N–H and O–H groups in total. The van der Waals surface area contributed by atoms with Crippen LogP contribution in [0.3, 0.4) is 0 Å². The van der Waals surface area contributed by atoms with Crippen LogP contribution in [0.15, 0.2) is 24.5 Å². The standard InChI is InChI=1S/C9H12N2O.C2H6/c1-3-10-4-2-8(1)9-7-11-5-6-12-9;1-2/h1-4,9,11H,5-7H2;1-2H3/t9-;/m1./s1. The molecule has 1 saturated heterocycles. The lowest BCUT2D eigenvalue weighted by atomic mass is 10.1. The first-order valence-electron chi connectivity index (χ1n) is 5.19. The van der Waals surface area contributed by atoms with E-state index in [0.717, 1.165) is 19.7 Å². The smallest absolute Gasteiger partial charge is 0.0950 e. The van der Waals surface area contributed by atoms with E-state index < -0.39 is 0 Å². The van der Waals surface area contributed by atoms with Gasteiger partial charge in [-0.05, 0) is 17.7 Å². The number of nitrogens with zero attached hydrogens (tertiary/aromatic N) is 1. The molecule has 1 atom stereocenters. The third kappa shape index (κ3) is 3.09. The van der Waals surface area contributed by atoms with Gasteiger partial charge in [0.1, 0.15) is 0 Å². The highest BCUT2D eigenvalue weighted by molar-refractivity contribution is 5.14. The number of aromatic nitrogens is 1. The van der Waals surface area contributed by atoms with Gasteiger partial charge in [-0.2, -0.15) is 0 Å². The molecule has 1 aromatic rings. The molecule has 2 heterocycles. The van der Waals surface area contributed by atoms with Crippen molar-refractivity contribution >= 4 is 0 Å². The predicted molar refractivity (Wildman–Crippen MR) is 57.1 cm³/mol. The van der Waals surface area contributed by atoms with Crippen molar-refractivity contribution in [3.8, 4) is 0 Å². The lowest BCUT2D eigenvalue weighted by Gasteiger charge is -2.23. The lowest BCUT2D eigenvalue weighted by Crippen LogP contribution is -2.33. The maximum absolute atomic E-state index is 5.57. The number of nitrogens with one attached hydrogen (secondary N) is 1. The Bertz CT molecular complexity index is 232. The summed E-state index contributed by atoms with van der Waals surface area (Å²) in [4.78, 5) is 3.96. The maximum atomic E-state index is 5.57. The Morgan fingerprint density at radius 2 is 2.07 bits per heavy atom. The predicted octanol–water partition coefficient (Wildman–Crippen LogP) is 1.77. The summed E-state index contributed by atoms with van der Waals surface area (Å²) in [6, 6.07) is 4.00. The van der Waals surface area contributed by atoms with E-state index in [4.69, 9.17) is 4.74 Å². The first-order chi connectivity index (χ1) is 6.97. The van der Waals surface area contributed by atoms with E-state index in [1.165, 1.54) is 5.56 Å². The summed E-state index contributed by atoms with van der Waals surface area (Å²) >= 11 is 0. The molecule has 14 heavy (non-hydrogen) atoms. The summed E-state index contributed by atoms with van der Waals surface area (Å²) < 4.78 is 5.57. The van der Waals surface area contributed by atoms with E-state index in [-0.39, 0.29) is 6.10 Å². The summed E-state index contributed by atoms with van der Waals surface area (Å²) in [6.07, 6.45) is 3.81. The van der Waals surface area contributed by atoms with Crippen LogP contribution in [-0.4, -0.2) is 24.7 Å². The molecule has 2 rings (SSSR count). The van der Waals surface area contributed by atoms with Gasteiger partial charge >= 0.3 is 0 Å². The largest absolute Gasteiger partial charge is 0.371 e. The SMILES string of the molecule is CC.c1cc([C@H]2CNCCO2)ccn1. The van der Waals surface area contributed by atoms with Crippen LogP contribution >= 0.6 is 0 Å². The van der Waals surface area contributed by atoms with E-state index in [1.54, 1.807) is 12.4 Å². The van der Waals surface area contributed by atoms with Crippen molar-refractivity contribution in [2.75, 3.05) is 19.7 Å². The molecule has 3 nitrogen and oxygen atoms in total. The summed E-state index contributed by atoms with van der Waals surface area (Å²) in [7, 11) is 0. The molecule has 1 aromatic heterocycles. The molecule has 78 valence electrons. The van der Waals surface area contributed by atoms with Crippen LogP contribution in [0.25, 0.3) is 0 Å². The van der Waals surface area contributed by atoms with Gasteiger partial charge in [-0.1, -0.05) is 13.8 Å². The first-order valence-corrected chi connectivity index (χ1v) is 5.19. The van der Waals surface area contributed by atoms with E-state index in [2.05, 4.69) is 10.3 Å². The lowest BCUT2D eigenvalue weighted by molar-refractivity contribution is 0.0276. The molecule has 3 heteroatoms. The van der Waals surface area contributed by atoms with Crippen LogP contribution < -0.4 is 5.32 Å². The molecule has 0 spiro atoms. The van der Waals surface area contributed by atoms with E-state index in [0.29, 0.717) is 0 Å². The Morgan fingerprint density at radius 3 is 2.64 bits per heavy atom. The minimum atomic E-state index is 0.210. The third-order valence-corrected chi connectivity index (χ3v) is 2.01. The molecule has 0 unspecified atom stereocenters. The summed E-state index contributed by atoms with van der Waals surface area (Å²) in [5.74, 6) is 0. The fraction of sp³-hybridized carbons (Fsp3) is 0.545. The fourth-order valence-corrected chi connectivity index (χ4v) is 1.36. The quantitative estimate of drug-likeness (QED) is 0.739. The van der Waals surface area contributed by atoms with Gasteiger partial charge in [-0.15, -0.1) is 0 Å². The second-order valence-corrected chi connectivity index (χ2v) is 2.84. The van der Waals surface area contributed by atoms with Gasteiger partial charge in [0.25, 0.3) is 0 Å². The number of hydrogen-bond donors (Lipinski definition) is 1. The highest BCUT2D eigenvalue weighted by atomic mass is 16.5. The van der Waals surface area contributed by atoms with Crippen LogP contribution in [0.5, 0.6) is 0 Å². The minimum Gasteiger partial charge on any atom is -0.371 e. The minimum absolute atomic E-state index is 0.210. The van der Waals surface area contributed by atoms with E-state index >= 15 is 0 Å². The highest BCUT2D eigenvalue weighted by Gasteiger charge is 2.14. The zero-order valence-corrected chi connectivity index (χ0v) is 8.86. The molecule has 0 aliphatic carbocycles. The number of hydrogen-bond acceptors (Lipinski definition) is 3. The van der Waals surface area contributed by atoms with Gasteiger partial charge in [0.15, 0.2) is 0 Å². The third-order valence-electron chi connectivity index (χ3n) is 2.01. The number of morpholine rings is 1. The van der Waals surface area contributed by atoms with Gasteiger partial charge in [-0.25, -0.2) is 0 Å². The monoisotopic (exact) mass is 194 g/mol. The normalized spacial score (nSPS) is 20.9. The molecule has 1 fully saturated rings. The van der Waals surface area contributed by atoms with E-state index in [1.807, 2.05) is 26.0 Å². The van der Waals surface area contributed by atoms with Crippen molar-refractivity contribution in [1.82, 2.24) is 10.3 Å². The zero-order chi connectivity index (χ0) is 10.2. The average Bonchev–Trinajstić information content (AvgIpc) is 2.34. The molecule has 0 bridgehead atoms. The Hall–Kier alpha value is -0.930. The molecule has 1 aliphatic rings. The van der Waals surface area contributed by atoms with Crippen LogP contribution in [0.1, 0.15) is 25.5 Å². The Balaban J connectivity index is 0.000000461. The van der Waals surface area contributed by atoms with Gasteiger partial charge in [0, 0.05) is 25.5 Å². The van der Waals surface area contributed by atoms with Crippen LogP contribution in [0.2, 0.25) is 0 Å². The molecular formula is C11H18N2O. The summed E-state index contributed by atoms with van der Waals surface area (Å²) in [5.41, 5.74) is 1.21. The Kier molecular flexibility index (Phi) is 5.19. The van der Waals surface area contributed by atoms with Crippen molar-refractivity contribution in [3.05, 3.63) is 30.1 Å². The fourth-order valence-electron chi connectivity index (χ4n) is 1.36. The second-order valence-electron chi connectivity index (χ2n) is 2.84. The molecule has 0 radical (unpaired) electrons. The van der Waals surface area contributed by atoms with Crippen LogP contribution in [0, 0.1) is 0 Å². The molecule has 0 amide bonds. The highest BCUT2D eigenvalue weighted by Crippen LogP contribution is 2.16. The number of pyridine rings is 1. The Morgan fingerprint density at radius 1 is 1.36 bits per heavy atom. The van der Waals surface area contributed by atoms with E-state index in [9.17, 15) is 0 Å². The summed E-state index contributed by atoms with van der Waals surface area (Å²) in [6.45, 7) is 6.67. The van der Waals surface area contributed by atoms with Crippen molar-refractivity contribution in [2.24, 2.45) is 0 Å². The zero-order valence-electron chi connectivity index (χ0n) is 8.86.